The van der Waals surface area contributed by atoms with Gasteiger partial charge in [0.1, 0.15) is 0 Å². The molecule has 4 heteroatoms. The first-order chi connectivity index (χ1) is 9.53. The summed E-state index contributed by atoms with van der Waals surface area (Å²) >= 11 is 3.56. The van der Waals surface area contributed by atoms with Crippen molar-refractivity contribution in [3.05, 3.63) is 40.5 Å². The van der Waals surface area contributed by atoms with E-state index in [1.807, 2.05) is 12.3 Å². The maximum Gasteiger partial charge on any atom is 0.0758 e. The van der Waals surface area contributed by atoms with Gasteiger partial charge in [-0.05, 0) is 29.5 Å². The van der Waals surface area contributed by atoms with Gasteiger partial charge in [0.25, 0.3) is 0 Å². The molecular formula is C16H21BrN2O. The maximum absolute atomic E-state index is 9.05. The first kappa shape index (κ1) is 15.4. The molecule has 0 unspecified atom stereocenters. The largest absolute Gasteiger partial charge is 0.396 e. The zero-order chi connectivity index (χ0) is 14.6. The highest BCUT2D eigenvalue weighted by Crippen LogP contribution is 2.25. The first-order valence-electron chi connectivity index (χ1n) is 6.87. The van der Waals surface area contributed by atoms with Crippen LogP contribution in [0.2, 0.25) is 0 Å². The number of hydrogen-bond acceptors (Lipinski definition) is 3. The lowest BCUT2D eigenvalue weighted by molar-refractivity contribution is 0.207. The topological polar surface area (TPSA) is 45.1 Å². The Balaban J connectivity index is 2.09. The van der Waals surface area contributed by atoms with E-state index in [0.29, 0.717) is 0 Å². The zero-order valence-electron chi connectivity index (χ0n) is 12.0. The first-order valence-corrected chi connectivity index (χ1v) is 7.66. The number of halogens is 1. The smallest absolute Gasteiger partial charge is 0.0758 e. The van der Waals surface area contributed by atoms with E-state index in [2.05, 4.69) is 58.3 Å². The van der Waals surface area contributed by atoms with Gasteiger partial charge < -0.3 is 10.4 Å². The van der Waals surface area contributed by atoms with Crippen molar-refractivity contribution < 1.29 is 5.11 Å². The van der Waals surface area contributed by atoms with Gasteiger partial charge in [-0.25, -0.2) is 0 Å². The Morgan fingerprint density at radius 3 is 2.85 bits per heavy atom. The van der Waals surface area contributed by atoms with Crippen LogP contribution in [0.4, 0.5) is 0 Å². The molecule has 1 aromatic heterocycles. The van der Waals surface area contributed by atoms with Crippen LogP contribution >= 0.6 is 15.9 Å². The van der Waals surface area contributed by atoms with E-state index in [1.54, 1.807) is 0 Å². The minimum Gasteiger partial charge on any atom is -0.396 e. The molecule has 20 heavy (non-hydrogen) atoms. The summed E-state index contributed by atoms with van der Waals surface area (Å²) in [5.74, 6) is 0. The van der Waals surface area contributed by atoms with Crippen molar-refractivity contribution in [3.63, 3.8) is 0 Å². The van der Waals surface area contributed by atoms with Gasteiger partial charge in [0.05, 0.1) is 5.52 Å². The summed E-state index contributed by atoms with van der Waals surface area (Å²) in [7, 11) is 0. The predicted octanol–water partition coefficient (Wildman–Crippen LogP) is 3.50. The summed E-state index contributed by atoms with van der Waals surface area (Å²) < 4.78 is 1.07. The molecule has 2 rings (SSSR count). The molecular weight excluding hydrogens is 316 g/mol. The average molecular weight is 337 g/mol. The minimum absolute atomic E-state index is 0.105. The summed E-state index contributed by atoms with van der Waals surface area (Å²) in [5.41, 5.74) is 2.34. The Hall–Kier alpha value is -0.970. The Bertz CT molecular complexity index is 584. The quantitative estimate of drug-likeness (QED) is 0.848. The standard InChI is InChI=1S/C16H21BrN2O/c1-16(2,7-9-20)11-18-10-12-5-6-14(17)13-4-3-8-19-15(12)13/h3-6,8,18,20H,7,9-11H2,1-2H3. The zero-order valence-corrected chi connectivity index (χ0v) is 13.6. The second kappa shape index (κ2) is 6.66. The van der Waals surface area contributed by atoms with E-state index < -0.39 is 0 Å². The van der Waals surface area contributed by atoms with Crippen molar-refractivity contribution in [3.8, 4) is 0 Å². The summed E-state index contributed by atoms with van der Waals surface area (Å²) in [4.78, 5) is 4.48. The van der Waals surface area contributed by atoms with Crippen LogP contribution in [0.3, 0.4) is 0 Å². The third-order valence-electron chi connectivity index (χ3n) is 3.51. The van der Waals surface area contributed by atoms with E-state index in [4.69, 9.17) is 5.11 Å². The highest BCUT2D eigenvalue weighted by atomic mass is 79.9. The molecule has 0 radical (unpaired) electrons. The van der Waals surface area contributed by atoms with Crippen molar-refractivity contribution in [2.45, 2.75) is 26.8 Å². The molecule has 0 amide bonds. The molecule has 0 aliphatic rings. The van der Waals surface area contributed by atoms with E-state index >= 15 is 0 Å². The Morgan fingerprint density at radius 2 is 2.10 bits per heavy atom. The molecule has 3 nitrogen and oxygen atoms in total. The summed E-state index contributed by atoms with van der Waals surface area (Å²) in [6.45, 7) is 6.22. The van der Waals surface area contributed by atoms with Crippen molar-refractivity contribution in [2.24, 2.45) is 5.41 Å². The third kappa shape index (κ3) is 3.78. The molecule has 1 aromatic carbocycles. The maximum atomic E-state index is 9.05. The lowest BCUT2D eigenvalue weighted by Gasteiger charge is -2.24. The SMILES string of the molecule is CC(C)(CCO)CNCc1ccc(Br)c2cccnc12. The van der Waals surface area contributed by atoms with Crippen LogP contribution < -0.4 is 5.32 Å². The molecule has 0 bridgehead atoms. The van der Waals surface area contributed by atoms with Gasteiger partial charge in [-0.1, -0.05) is 41.9 Å². The highest BCUT2D eigenvalue weighted by Gasteiger charge is 2.16. The van der Waals surface area contributed by atoms with Crippen molar-refractivity contribution in [1.82, 2.24) is 10.3 Å². The molecule has 1 heterocycles. The Labute approximate surface area is 128 Å². The minimum atomic E-state index is 0.105. The number of pyridine rings is 1. The molecule has 0 atom stereocenters. The van der Waals surface area contributed by atoms with Crippen LogP contribution in [0.1, 0.15) is 25.8 Å². The molecule has 0 aliphatic heterocycles. The predicted molar refractivity (Wildman–Crippen MR) is 86.6 cm³/mol. The average Bonchev–Trinajstić information content (AvgIpc) is 2.41. The molecule has 0 aliphatic carbocycles. The highest BCUT2D eigenvalue weighted by molar-refractivity contribution is 9.10. The number of benzene rings is 1. The Morgan fingerprint density at radius 1 is 1.30 bits per heavy atom. The van der Waals surface area contributed by atoms with Gasteiger partial charge in [-0.15, -0.1) is 0 Å². The molecule has 0 spiro atoms. The second-order valence-corrected chi connectivity index (χ2v) is 6.70. The van der Waals surface area contributed by atoms with E-state index in [-0.39, 0.29) is 12.0 Å². The van der Waals surface area contributed by atoms with E-state index in [1.165, 1.54) is 5.56 Å². The molecule has 0 saturated heterocycles. The number of aliphatic hydroxyl groups is 1. The third-order valence-corrected chi connectivity index (χ3v) is 4.20. The van der Waals surface area contributed by atoms with Gasteiger partial charge in [0, 0.05) is 35.8 Å². The summed E-state index contributed by atoms with van der Waals surface area (Å²) in [6.07, 6.45) is 2.63. The van der Waals surface area contributed by atoms with Gasteiger partial charge in [-0.3, -0.25) is 4.98 Å². The number of fused-ring (bicyclic) bond motifs is 1. The van der Waals surface area contributed by atoms with E-state index in [9.17, 15) is 0 Å². The van der Waals surface area contributed by atoms with Crippen molar-refractivity contribution >= 4 is 26.8 Å². The molecule has 0 saturated carbocycles. The Kier molecular flexibility index (Phi) is 5.13. The van der Waals surface area contributed by atoms with Crippen molar-refractivity contribution in [2.75, 3.05) is 13.2 Å². The van der Waals surface area contributed by atoms with Crippen LogP contribution in [-0.2, 0) is 6.54 Å². The fraction of sp³-hybridized carbons (Fsp3) is 0.438. The number of rotatable bonds is 6. The number of nitrogens with zero attached hydrogens (tertiary/aromatic N) is 1. The molecule has 2 N–H and O–H groups in total. The molecule has 0 fully saturated rings. The molecule has 2 aromatic rings. The van der Waals surface area contributed by atoms with E-state index in [0.717, 1.165) is 34.9 Å². The van der Waals surface area contributed by atoms with Gasteiger partial charge in [0.2, 0.25) is 0 Å². The normalized spacial score (nSPS) is 12.0. The van der Waals surface area contributed by atoms with Gasteiger partial charge >= 0.3 is 0 Å². The number of nitrogens with one attached hydrogen (secondary N) is 1. The van der Waals surface area contributed by atoms with Crippen LogP contribution in [0.5, 0.6) is 0 Å². The van der Waals surface area contributed by atoms with Gasteiger partial charge in [0.15, 0.2) is 0 Å². The summed E-state index contributed by atoms with van der Waals surface area (Å²) in [6, 6.07) is 8.20. The number of aliphatic hydroxyl groups excluding tert-OH is 1. The van der Waals surface area contributed by atoms with Crippen LogP contribution in [-0.4, -0.2) is 23.2 Å². The monoisotopic (exact) mass is 336 g/mol. The second-order valence-electron chi connectivity index (χ2n) is 5.85. The number of hydrogen-bond donors (Lipinski definition) is 2. The molecule has 108 valence electrons. The fourth-order valence-corrected chi connectivity index (χ4v) is 2.72. The van der Waals surface area contributed by atoms with Gasteiger partial charge in [-0.2, -0.15) is 0 Å². The lowest BCUT2D eigenvalue weighted by Crippen LogP contribution is -2.30. The fourth-order valence-electron chi connectivity index (χ4n) is 2.27. The van der Waals surface area contributed by atoms with Crippen LogP contribution in [0.25, 0.3) is 10.9 Å². The van der Waals surface area contributed by atoms with Crippen LogP contribution in [0.15, 0.2) is 34.9 Å². The van der Waals surface area contributed by atoms with Crippen molar-refractivity contribution in [1.29, 1.82) is 0 Å². The number of aromatic nitrogens is 1. The summed E-state index contributed by atoms with van der Waals surface area (Å²) in [5, 5.41) is 13.7. The van der Waals surface area contributed by atoms with Crippen LogP contribution in [0, 0.1) is 5.41 Å². The lowest BCUT2D eigenvalue weighted by atomic mass is 9.90.